The SMILES string of the molecule is CC(=O)CC(Cl)c1ccccc1F. The lowest BCUT2D eigenvalue weighted by molar-refractivity contribution is -0.117. The summed E-state index contributed by atoms with van der Waals surface area (Å²) in [5.74, 6) is -0.396. The Morgan fingerprint density at radius 2 is 2.15 bits per heavy atom. The van der Waals surface area contributed by atoms with Crippen molar-refractivity contribution in [3.63, 3.8) is 0 Å². The van der Waals surface area contributed by atoms with E-state index in [1.807, 2.05) is 0 Å². The van der Waals surface area contributed by atoms with Gasteiger partial charge in [0.15, 0.2) is 0 Å². The number of hydrogen-bond donors (Lipinski definition) is 0. The van der Waals surface area contributed by atoms with Crippen LogP contribution in [0.3, 0.4) is 0 Å². The molecule has 0 N–H and O–H groups in total. The molecule has 1 unspecified atom stereocenters. The highest BCUT2D eigenvalue weighted by Crippen LogP contribution is 2.26. The molecule has 13 heavy (non-hydrogen) atoms. The number of halogens is 2. The van der Waals surface area contributed by atoms with E-state index >= 15 is 0 Å². The summed E-state index contributed by atoms with van der Waals surface area (Å²) in [7, 11) is 0. The number of ketones is 1. The van der Waals surface area contributed by atoms with Gasteiger partial charge in [0.1, 0.15) is 11.6 Å². The fourth-order valence-corrected chi connectivity index (χ4v) is 1.49. The van der Waals surface area contributed by atoms with Crippen LogP contribution in [0, 0.1) is 5.82 Å². The highest BCUT2D eigenvalue weighted by atomic mass is 35.5. The molecule has 1 nitrogen and oxygen atoms in total. The maximum atomic E-state index is 13.1. The van der Waals surface area contributed by atoms with Gasteiger partial charge in [0, 0.05) is 12.0 Å². The second kappa shape index (κ2) is 4.38. The lowest BCUT2D eigenvalue weighted by Gasteiger charge is -2.07. The number of hydrogen-bond acceptors (Lipinski definition) is 1. The van der Waals surface area contributed by atoms with Gasteiger partial charge in [-0.15, -0.1) is 11.6 Å². The van der Waals surface area contributed by atoms with Crippen LogP contribution in [-0.4, -0.2) is 5.78 Å². The number of alkyl halides is 1. The van der Waals surface area contributed by atoms with E-state index < -0.39 is 5.38 Å². The average Bonchev–Trinajstić information content (AvgIpc) is 2.03. The summed E-state index contributed by atoms with van der Waals surface area (Å²) in [4.78, 5) is 10.7. The molecule has 0 heterocycles. The highest BCUT2D eigenvalue weighted by Gasteiger charge is 2.13. The van der Waals surface area contributed by atoms with Gasteiger partial charge in [-0.2, -0.15) is 0 Å². The van der Waals surface area contributed by atoms with Crippen LogP contribution in [0.5, 0.6) is 0 Å². The molecule has 1 atom stereocenters. The second-order valence-electron chi connectivity index (χ2n) is 2.90. The number of carbonyl (C=O) groups excluding carboxylic acids is 1. The summed E-state index contributed by atoms with van der Waals surface area (Å²) in [6, 6.07) is 6.23. The summed E-state index contributed by atoms with van der Waals surface area (Å²) in [5.41, 5.74) is 0.388. The standard InChI is InChI=1S/C10H10ClFO/c1-7(13)6-9(11)8-4-2-3-5-10(8)12/h2-5,9H,6H2,1H3. The van der Waals surface area contributed by atoms with Crippen LogP contribution in [-0.2, 0) is 4.79 Å². The maximum Gasteiger partial charge on any atom is 0.131 e. The van der Waals surface area contributed by atoms with E-state index in [0.717, 1.165) is 0 Å². The Hall–Kier alpha value is -0.890. The first kappa shape index (κ1) is 10.2. The zero-order valence-electron chi connectivity index (χ0n) is 7.26. The molecule has 0 saturated carbocycles. The van der Waals surface area contributed by atoms with Gasteiger partial charge in [-0.05, 0) is 13.0 Å². The molecule has 0 radical (unpaired) electrons. The second-order valence-corrected chi connectivity index (χ2v) is 3.42. The topological polar surface area (TPSA) is 17.1 Å². The smallest absolute Gasteiger partial charge is 0.131 e. The molecule has 3 heteroatoms. The summed E-state index contributed by atoms with van der Waals surface area (Å²) >= 11 is 5.85. The first-order chi connectivity index (χ1) is 6.11. The predicted octanol–water partition coefficient (Wildman–Crippen LogP) is 3.08. The largest absolute Gasteiger partial charge is 0.300 e. The van der Waals surface area contributed by atoms with Crippen molar-refractivity contribution in [2.75, 3.05) is 0 Å². The quantitative estimate of drug-likeness (QED) is 0.686. The molecule has 70 valence electrons. The molecular weight excluding hydrogens is 191 g/mol. The van der Waals surface area contributed by atoms with E-state index in [9.17, 15) is 9.18 Å². The fraction of sp³-hybridized carbons (Fsp3) is 0.300. The molecule has 0 aromatic heterocycles. The number of Topliss-reactive ketones (excluding diaryl/α,β-unsaturated/α-hetero) is 1. The molecule has 0 aliphatic carbocycles. The van der Waals surface area contributed by atoms with Crippen molar-refractivity contribution < 1.29 is 9.18 Å². The van der Waals surface area contributed by atoms with Crippen LogP contribution in [0.1, 0.15) is 24.3 Å². The van der Waals surface area contributed by atoms with Crippen LogP contribution in [0.15, 0.2) is 24.3 Å². The zero-order chi connectivity index (χ0) is 9.84. The summed E-state index contributed by atoms with van der Waals surface area (Å²) in [5, 5.41) is -0.557. The summed E-state index contributed by atoms with van der Waals surface area (Å²) in [6.45, 7) is 1.44. The first-order valence-electron chi connectivity index (χ1n) is 3.99. The number of rotatable bonds is 3. The van der Waals surface area contributed by atoms with Gasteiger partial charge in [-0.3, -0.25) is 4.79 Å². The molecule has 1 aromatic rings. The van der Waals surface area contributed by atoms with Gasteiger partial charge in [-0.25, -0.2) is 4.39 Å². The lowest BCUT2D eigenvalue weighted by atomic mass is 10.1. The normalized spacial score (nSPS) is 12.5. The Morgan fingerprint density at radius 1 is 1.54 bits per heavy atom. The molecule has 0 fully saturated rings. The Morgan fingerprint density at radius 3 is 2.69 bits per heavy atom. The molecule has 0 bridgehead atoms. The number of carbonyl (C=O) groups is 1. The van der Waals surface area contributed by atoms with E-state index in [2.05, 4.69) is 0 Å². The molecular formula is C10H10ClFO. The molecule has 0 saturated heterocycles. The third-order valence-corrected chi connectivity index (χ3v) is 2.10. The maximum absolute atomic E-state index is 13.1. The van der Waals surface area contributed by atoms with Crippen LogP contribution in [0.2, 0.25) is 0 Å². The van der Waals surface area contributed by atoms with Crippen LogP contribution >= 0.6 is 11.6 Å². The van der Waals surface area contributed by atoms with E-state index in [1.54, 1.807) is 18.2 Å². The van der Waals surface area contributed by atoms with Crippen LogP contribution in [0.4, 0.5) is 4.39 Å². The Balaban J connectivity index is 2.82. The Kier molecular flexibility index (Phi) is 3.43. The van der Waals surface area contributed by atoms with Gasteiger partial charge < -0.3 is 0 Å². The number of benzene rings is 1. The average molecular weight is 201 g/mol. The van der Waals surface area contributed by atoms with Crippen molar-refractivity contribution in [2.45, 2.75) is 18.7 Å². The third kappa shape index (κ3) is 2.81. The minimum Gasteiger partial charge on any atom is -0.300 e. The van der Waals surface area contributed by atoms with Crippen molar-refractivity contribution in [3.8, 4) is 0 Å². The highest BCUT2D eigenvalue weighted by molar-refractivity contribution is 6.21. The van der Waals surface area contributed by atoms with Crippen LogP contribution in [0.25, 0.3) is 0 Å². The van der Waals surface area contributed by atoms with E-state index in [1.165, 1.54) is 13.0 Å². The van der Waals surface area contributed by atoms with Gasteiger partial charge in [0.05, 0.1) is 5.38 Å². The molecule has 0 aliphatic heterocycles. The minimum atomic E-state index is -0.557. The van der Waals surface area contributed by atoms with Crippen molar-refractivity contribution in [1.82, 2.24) is 0 Å². The molecule has 0 amide bonds. The molecule has 0 aliphatic rings. The van der Waals surface area contributed by atoms with E-state index in [4.69, 9.17) is 11.6 Å². The van der Waals surface area contributed by atoms with Gasteiger partial charge in [0.2, 0.25) is 0 Å². The summed E-state index contributed by atoms with van der Waals surface area (Å²) < 4.78 is 13.1. The van der Waals surface area contributed by atoms with Gasteiger partial charge in [-0.1, -0.05) is 18.2 Å². The van der Waals surface area contributed by atoms with E-state index in [0.29, 0.717) is 5.56 Å². The lowest BCUT2D eigenvalue weighted by Crippen LogP contribution is -2.00. The molecule has 1 aromatic carbocycles. The van der Waals surface area contributed by atoms with Crippen molar-refractivity contribution in [2.24, 2.45) is 0 Å². The van der Waals surface area contributed by atoms with Gasteiger partial charge >= 0.3 is 0 Å². The summed E-state index contributed by atoms with van der Waals surface area (Å²) in [6.07, 6.45) is 0.169. The van der Waals surface area contributed by atoms with E-state index in [-0.39, 0.29) is 18.0 Å². The van der Waals surface area contributed by atoms with Crippen LogP contribution < -0.4 is 0 Å². The zero-order valence-corrected chi connectivity index (χ0v) is 8.01. The first-order valence-corrected chi connectivity index (χ1v) is 4.43. The molecule has 0 spiro atoms. The Labute approximate surface area is 81.5 Å². The monoisotopic (exact) mass is 200 g/mol. The Bertz CT molecular complexity index is 312. The van der Waals surface area contributed by atoms with Crippen molar-refractivity contribution >= 4 is 17.4 Å². The van der Waals surface area contributed by atoms with Crippen molar-refractivity contribution in [1.29, 1.82) is 0 Å². The minimum absolute atomic E-state index is 0.0387. The predicted molar refractivity (Wildman–Crippen MR) is 50.3 cm³/mol. The third-order valence-electron chi connectivity index (χ3n) is 1.71. The van der Waals surface area contributed by atoms with Gasteiger partial charge in [0.25, 0.3) is 0 Å². The van der Waals surface area contributed by atoms with Crippen molar-refractivity contribution in [3.05, 3.63) is 35.6 Å². The fourth-order valence-electron chi connectivity index (χ4n) is 1.09. The molecule has 1 rings (SSSR count).